The van der Waals surface area contributed by atoms with Crippen LogP contribution in [0.4, 0.5) is 0 Å². The molecule has 0 atom stereocenters. The van der Waals surface area contributed by atoms with E-state index in [0.29, 0.717) is 0 Å². The van der Waals surface area contributed by atoms with E-state index < -0.39 is 0 Å². The molecule has 0 aliphatic carbocycles. The zero-order valence-corrected chi connectivity index (χ0v) is 8.29. The minimum Gasteiger partial charge on any atom is -0.375 e. The van der Waals surface area contributed by atoms with E-state index in [9.17, 15) is 0 Å². The van der Waals surface area contributed by atoms with Gasteiger partial charge in [0, 0.05) is 26.2 Å². The zero-order chi connectivity index (χ0) is 8.81. The van der Waals surface area contributed by atoms with Crippen molar-refractivity contribution >= 4 is 0 Å². The van der Waals surface area contributed by atoms with E-state index in [2.05, 4.69) is 36.0 Å². The monoisotopic (exact) mass is 168 g/mol. The summed E-state index contributed by atoms with van der Waals surface area (Å²) in [4.78, 5) is 4.79. The lowest BCUT2D eigenvalue weighted by Crippen LogP contribution is -2.41. The van der Waals surface area contributed by atoms with Crippen molar-refractivity contribution in [2.45, 2.75) is 19.8 Å². The molecule has 1 aliphatic rings. The molecule has 0 amide bonds. The number of allylic oxidation sites excluding steroid dienone is 1. The van der Waals surface area contributed by atoms with Crippen molar-refractivity contribution in [3.63, 3.8) is 0 Å². The summed E-state index contributed by atoms with van der Waals surface area (Å²) in [7, 11) is 2.19. The first-order chi connectivity index (χ1) is 5.83. The topological polar surface area (TPSA) is 6.48 Å². The SMILES string of the molecule is CCC/C=C\N1CCN(C)CC1. The number of nitrogens with zero attached hydrogens (tertiary/aromatic N) is 2. The highest BCUT2D eigenvalue weighted by atomic mass is 15.2. The number of hydrogen-bond donors (Lipinski definition) is 0. The summed E-state index contributed by atoms with van der Waals surface area (Å²) in [5.41, 5.74) is 0. The maximum Gasteiger partial charge on any atom is 0.0300 e. The van der Waals surface area contributed by atoms with Crippen molar-refractivity contribution in [1.29, 1.82) is 0 Å². The van der Waals surface area contributed by atoms with Gasteiger partial charge < -0.3 is 9.80 Å². The molecule has 0 aromatic heterocycles. The second-order valence-electron chi connectivity index (χ2n) is 3.51. The van der Waals surface area contributed by atoms with Crippen molar-refractivity contribution in [2.75, 3.05) is 33.2 Å². The predicted octanol–water partition coefficient (Wildman–Crippen LogP) is 1.55. The average molecular weight is 168 g/mol. The first-order valence-electron chi connectivity index (χ1n) is 4.92. The summed E-state index contributed by atoms with van der Waals surface area (Å²) in [5, 5.41) is 0. The Morgan fingerprint density at radius 2 is 1.83 bits per heavy atom. The molecule has 12 heavy (non-hydrogen) atoms. The van der Waals surface area contributed by atoms with Crippen LogP contribution in [0.3, 0.4) is 0 Å². The van der Waals surface area contributed by atoms with Gasteiger partial charge >= 0.3 is 0 Å². The minimum absolute atomic E-state index is 1.19. The third-order valence-corrected chi connectivity index (χ3v) is 2.31. The number of rotatable bonds is 3. The maximum atomic E-state index is 2.41. The molecule has 2 heteroatoms. The molecule has 0 aromatic carbocycles. The molecule has 0 N–H and O–H groups in total. The molecule has 0 unspecified atom stereocenters. The molecule has 1 saturated heterocycles. The van der Waals surface area contributed by atoms with Gasteiger partial charge in [-0.15, -0.1) is 0 Å². The fourth-order valence-electron chi connectivity index (χ4n) is 1.36. The third kappa shape index (κ3) is 3.26. The molecule has 0 bridgehead atoms. The van der Waals surface area contributed by atoms with Crippen LogP contribution in [0, 0.1) is 0 Å². The molecule has 0 aromatic rings. The largest absolute Gasteiger partial charge is 0.375 e. The summed E-state index contributed by atoms with van der Waals surface area (Å²) < 4.78 is 0. The van der Waals surface area contributed by atoms with Gasteiger partial charge in [0.15, 0.2) is 0 Å². The van der Waals surface area contributed by atoms with Gasteiger partial charge in [-0.05, 0) is 19.7 Å². The third-order valence-electron chi connectivity index (χ3n) is 2.31. The fourth-order valence-corrected chi connectivity index (χ4v) is 1.36. The van der Waals surface area contributed by atoms with Crippen LogP contribution in [0.5, 0.6) is 0 Å². The Morgan fingerprint density at radius 3 is 2.42 bits per heavy atom. The fraction of sp³-hybridized carbons (Fsp3) is 0.800. The van der Waals surface area contributed by atoms with Gasteiger partial charge in [0.2, 0.25) is 0 Å². The van der Waals surface area contributed by atoms with Crippen molar-refractivity contribution in [3.05, 3.63) is 12.3 Å². The van der Waals surface area contributed by atoms with Crippen LogP contribution < -0.4 is 0 Å². The van der Waals surface area contributed by atoms with E-state index in [-0.39, 0.29) is 0 Å². The summed E-state index contributed by atoms with van der Waals surface area (Å²) in [6.45, 7) is 7.01. The normalized spacial score (nSPS) is 20.7. The van der Waals surface area contributed by atoms with E-state index >= 15 is 0 Å². The van der Waals surface area contributed by atoms with Crippen molar-refractivity contribution in [1.82, 2.24) is 9.80 Å². The maximum absolute atomic E-state index is 2.41. The molecule has 1 aliphatic heterocycles. The first-order valence-corrected chi connectivity index (χ1v) is 4.92. The first kappa shape index (κ1) is 9.59. The predicted molar refractivity (Wildman–Crippen MR) is 53.1 cm³/mol. The van der Waals surface area contributed by atoms with Crippen LogP contribution in [0.2, 0.25) is 0 Å². The Labute approximate surface area is 75.8 Å². The molecule has 1 heterocycles. The molecule has 0 spiro atoms. The van der Waals surface area contributed by atoms with Crippen LogP contribution in [-0.2, 0) is 0 Å². The van der Waals surface area contributed by atoms with E-state index in [1.807, 2.05) is 0 Å². The number of hydrogen-bond acceptors (Lipinski definition) is 2. The second-order valence-corrected chi connectivity index (χ2v) is 3.51. The van der Waals surface area contributed by atoms with Gasteiger partial charge in [0.05, 0.1) is 0 Å². The van der Waals surface area contributed by atoms with Gasteiger partial charge in [0.1, 0.15) is 0 Å². The van der Waals surface area contributed by atoms with Crippen LogP contribution >= 0.6 is 0 Å². The van der Waals surface area contributed by atoms with E-state index in [1.165, 1.54) is 39.0 Å². The zero-order valence-electron chi connectivity index (χ0n) is 8.29. The lowest BCUT2D eigenvalue weighted by molar-refractivity contribution is 0.198. The van der Waals surface area contributed by atoms with Crippen molar-refractivity contribution in [3.8, 4) is 0 Å². The van der Waals surface area contributed by atoms with Crippen molar-refractivity contribution in [2.24, 2.45) is 0 Å². The molecule has 1 rings (SSSR count). The van der Waals surface area contributed by atoms with Crippen molar-refractivity contribution < 1.29 is 0 Å². The number of unbranched alkanes of at least 4 members (excludes halogenated alkanes) is 1. The summed E-state index contributed by atoms with van der Waals surface area (Å²) in [6.07, 6.45) is 7.01. The van der Waals surface area contributed by atoms with Crippen LogP contribution in [0.25, 0.3) is 0 Å². The Kier molecular flexibility index (Phi) is 4.15. The molecule has 1 fully saturated rings. The van der Waals surface area contributed by atoms with Crippen LogP contribution in [0.1, 0.15) is 19.8 Å². The van der Waals surface area contributed by atoms with E-state index in [0.717, 1.165) is 0 Å². The lowest BCUT2D eigenvalue weighted by Gasteiger charge is -2.31. The van der Waals surface area contributed by atoms with Gasteiger partial charge in [-0.25, -0.2) is 0 Å². The summed E-state index contributed by atoms with van der Waals surface area (Å²) >= 11 is 0. The Hall–Kier alpha value is -0.500. The minimum atomic E-state index is 1.19. The highest BCUT2D eigenvalue weighted by molar-refractivity contribution is 4.84. The van der Waals surface area contributed by atoms with E-state index in [4.69, 9.17) is 0 Å². The standard InChI is InChI=1S/C10H20N2/c1-3-4-5-6-12-9-7-11(2)8-10-12/h5-6H,3-4,7-10H2,1-2H3/b6-5-. The molecule has 0 radical (unpaired) electrons. The Bertz CT molecular complexity index is 135. The molecular weight excluding hydrogens is 148 g/mol. The smallest absolute Gasteiger partial charge is 0.0300 e. The average Bonchev–Trinajstić information content (AvgIpc) is 2.09. The number of likely N-dealkylation sites (N-methyl/N-ethyl adjacent to an activating group) is 1. The highest BCUT2D eigenvalue weighted by Gasteiger charge is 2.09. The summed E-state index contributed by atoms with van der Waals surface area (Å²) in [6, 6.07) is 0. The second kappa shape index (κ2) is 5.20. The van der Waals surface area contributed by atoms with Crippen LogP contribution in [0.15, 0.2) is 12.3 Å². The highest BCUT2D eigenvalue weighted by Crippen LogP contribution is 2.00. The quantitative estimate of drug-likeness (QED) is 0.631. The molecule has 70 valence electrons. The van der Waals surface area contributed by atoms with Gasteiger partial charge in [-0.1, -0.05) is 19.4 Å². The molecule has 0 saturated carbocycles. The number of piperazine rings is 1. The molecule has 2 nitrogen and oxygen atoms in total. The Morgan fingerprint density at radius 1 is 1.17 bits per heavy atom. The van der Waals surface area contributed by atoms with Gasteiger partial charge in [0.25, 0.3) is 0 Å². The van der Waals surface area contributed by atoms with Crippen LogP contribution in [-0.4, -0.2) is 43.0 Å². The Balaban J connectivity index is 2.17. The summed E-state index contributed by atoms with van der Waals surface area (Å²) in [5.74, 6) is 0. The lowest BCUT2D eigenvalue weighted by atomic mass is 10.3. The van der Waals surface area contributed by atoms with E-state index in [1.54, 1.807) is 0 Å². The van der Waals surface area contributed by atoms with Gasteiger partial charge in [-0.2, -0.15) is 0 Å². The molecular formula is C10H20N2. The van der Waals surface area contributed by atoms with Gasteiger partial charge in [-0.3, -0.25) is 0 Å².